The zero-order chi connectivity index (χ0) is 11.8. The normalized spacial score (nSPS) is 30.5. The van der Waals surface area contributed by atoms with Gasteiger partial charge in [0, 0.05) is 18.4 Å². The molecule has 0 aliphatic heterocycles. The molecule has 1 aromatic heterocycles. The van der Waals surface area contributed by atoms with E-state index in [1.165, 1.54) is 25.5 Å². The molecule has 0 spiro atoms. The lowest BCUT2D eigenvalue weighted by molar-refractivity contribution is 0.0922. The number of rotatable bonds is 2. The van der Waals surface area contributed by atoms with Crippen LogP contribution in [0.2, 0.25) is 5.02 Å². The second kappa shape index (κ2) is 4.30. The molecule has 2 fully saturated rings. The molecule has 4 heteroatoms. The van der Waals surface area contributed by atoms with Crippen LogP contribution in [-0.4, -0.2) is 16.9 Å². The minimum absolute atomic E-state index is 0.0827. The predicted molar refractivity (Wildman–Crippen MR) is 65.9 cm³/mol. The Kier molecular flexibility index (Phi) is 2.79. The number of fused-ring (bicyclic) bond motifs is 2. The number of carbonyl (C=O) groups excluding carboxylic acids is 1. The highest BCUT2D eigenvalue weighted by Crippen LogP contribution is 2.44. The summed E-state index contributed by atoms with van der Waals surface area (Å²) in [5.74, 6) is 1.43. The fourth-order valence-electron chi connectivity index (χ4n) is 3.21. The number of hydrogen-bond donors (Lipinski definition) is 1. The lowest BCUT2D eigenvalue weighted by Crippen LogP contribution is -2.38. The molecule has 2 aliphatic carbocycles. The van der Waals surface area contributed by atoms with Crippen molar-refractivity contribution >= 4 is 17.5 Å². The first kappa shape index (κ1) is 11.0. The van der Waals surface area contributed by atoms with Gasteiger partial charge >= 0.3 is 0 Å². The van der Waals surface area contributed by atoms with E-state index in [1.54, 1.807) is 12.3 Å². The number of aromatic nitrogens is 1. The van der Waals surface area contributed by atoms with Crippen molar-refractivity contribution in [3.63, 3.8) is 0 Å². The van der Waals surface area contributed by atoms with Gasteiger partial charge < -0.3 is 5.32 Å². The second-order valence-corrected chi connectivity index (χ2v) is 5.52. The van der Waals surface area contributed by atoms with Crippen molar-refractivity contribution in [3.05, 3.63) is 29.0 Å². The third-order valence-electron chi connectivity index (χ3n) is 4.07. The van der Waals surface area contributed by atoms with E-state index >= 15 is 0 Å². The first-order valence-corrected chi connectivity index (χ1v) is 6.52. The summed E-state index contributed by atoms with van der Waals surface area (Å²) >= 11 is 5.98. The van der Waals surface area contributed by atoms with Gasteiger partial charge in [0.05, 0.1) is 10.6 Å². The third kappa shape index (κ3) is 2.04. The van der Waals surface area contributed by atoms with Crippen LogP contribution in [0, 0.1) is 11.8 Å². The van der Waals surface area contributed by atoms with E-state index in [0.29, 0.717) is 22.5 Å². The van der Waals surface area contributed by atoms with E-state index in [4.69, 9.17) is 11.6 Å². The Bertz CT molecular complexity index is 449. The summed E-state index contributed by atoms with van der Waals surface area (Å²) in [5.41, 5.74) is 0.483. The van der Waals surface area contributed by atoms with Crippen LogP contribution in [0.25, 0.3) is 0 Å². The highest BCUT2D eigenvalue weighted by molar-refractivity contribution is 6.33. The van der Waals surface area contributed by atoms with Gasteiger partial charge in [0.25, 0.3) is 5.91 Å². The first-order valence-electron chi connectivity index (χ1n) is 6.14. The number of halogens is 1. The Labute approximate surface area is 106 Å². The summed E-state index contributed by atoms with van der Waals surface area (Å²) in [6.07, 6.45) is 8.14. The van der Waals surface area contributed by atoms with Gasteiger partial charge in [-0.15, -0.1) is 0 Å². The van der Waals surface area contributed by atoms with Crippen molar-refractivity contribution < 1.29 is 4.79 Å². The van der Waals surface area contributed by atoms with Gasteiger partial charge in [-0.25, -0.2) is 0 Å². The van der Waals surface area contributed by atoms with Crippen molar-refractivity contribution in [2.24, 2.45) is 11.8 Å². The maximum absolute atomic E-state index is 12.1. The number of carbonyl (C=O) groups is 1. The molecule has 2 bridgehead atoms. The highest BCUT2D eigenvalue weighted by Gasteiger charge is 2.40. The molecule has 2 saturated carbocycles. The summed E-state index contributed by atoms with van der Waals surface area (Å²) < 4.78 is 0. The number of pyridine rings is 1. The van der Waals surface area contributed by atoms with Crippen molar-refractivity contribution in [2.75, 3.05) is 0 Å². The van der Waals surface area contributed by atoms with Crippen molar-refractivity contribution in [2.45, 2.75) is 31.7 Å². The third-order valence-corrected chi connectivity index (χ3v) is 4.40. The standard InChI is InChI=1S/C13H15ClN2O/c14-11-3-4-15-7-10(11)13(17)16-12-6-8-1-2-9(12)5-8/h3-4,7-9,12H,1-2,5-6H2,(H,16,17). The fourth-order valence-corrected chi connectivity index (χ4v) is 3.40. The van der Waals surface area contributed by atoms with Gasteiger partial charge in [-0.3, -0.25) is 9.78 Å². The van der Waals surface area contributed by atoms with Crippen molar-refractivity contribution in [1.29, 1.82) is 0 Å². The molecule has 3 rings (SSSR count). The van der Waals surface area contributed by atoms with Gasteiger partial charge in [0.1, 0.15) is 0 Å². The topological polar surface area (TPSA) is 42.0 Å². The SMILES string of the molecule is O=C(NC1CC2CCC1C2)c1cnccc1Cl. The molecule has 3 unspecified atom stereocenters. The Morgan fingerprint density at radius 2 is 2.29 bits per heavy atom. The highest BCUT2D eigenvalue weighted by atomic mass is 35.5. The van der Waals surface area contributed by atoms with E-state index in [0.717, 1.165) is 12.3 Å². The van der Waals surface area contributed by atoms with Crippen LogP contribution in [0.5, 0.6) is 0 Å². The number of nitrogens with one attached hydrogen (secondary N) is 1. The summed E-state index contributed by atoms with van der Waals surface area (Å²) in [6.45, 7) is 0. The average molecular weight is 251 g/mol. The van der Waals surface area contributed by atoms with Gasteiger partial charge in [-0.2, -0.15) is 0 Å². The van der Waals surface area contributed by atoms with Crippen LogP contribution in [0.1, 0.15) is 36.0 Å². The second-order valence-electron chi connectivity index (χ2n) is 5.11. The monoisotopic (exact) mass is 250 g/mol. The molecule has 17 heavy (non-hydrogen) atoms. The van der Waals surface area contributed by atoms with E-state index in [1.807, 2.05) is 0 Å². The summed E-state index contributed by atoms with van der Waals surface area (Å²) in [5, 5.41) is 3.58. The Balaban J connectivity index is 1.70. The number of amides is 1. The van der Waals surface area contributed by atoms with Gasteiger partial charge in [0.15, 0.2) is 0 Å². The molecule has 3 nitrogen and oxygen atoms in total. The molecular weight excluding hydrogens is 236 g/mol. The minimum atomic E-state index is -0.0827. The average Bonchev–Trinajstić information content (AvgIpc) is 2.91. The zero-order valence-corrected chi connectivity index (χ0v) is 10.3. The molecule has 1 N–H and O–H groups in total. The lowest BCUT2D eigenvalue weighted by atomic mass is 9.95. The van der Waals surface area contributed by atoms with E-state index in [9.17, 15) is 4.79 Å². The summed E-state index contributed by atoms with van der Waals surface area (Å²) in [7, 11) is 0. The molecule has 90 valence electrons. The van der Waals surface area contributed by atoms with Gasteiger partial charge in [0.2, 0.25) is 0 Å². The molecule has 0 saturated heterocycles. The molecule has 0 aromatic carbocycles. The molecule has 1 heterocycles. The van der Waals surface area contributed by atoms with Crippen LogP contribution in [0.4, 0.5) is 0 Å². The maximum Gasteiger partial charge on any atom is 0.254 e. The van der Waals surface area contributed by atoms with E-state index < -0.39 is 0 Å². The first-order chi connectivity index (χ1) is 8.24. The minimum Gasteiger partial charge on any atom is -0.349 e. The molecule has 3 atom stereocenters. The van der Waals surface area contributed by atoms with E-state index in [2.05, 4.69) is 10.3 Å². The summed E-state index contributed by atoms with van der Waals surface area (Å²) in [6, 6.07) is 1.99. The predicted octanol–water partition coefficient (Wildman–Crippen LogP) is 2.65. The zero-order valence-electron chi connectivity index (χ0n) is 9.53. The molecule has 1 amide bonds. The van der Waals surface area contributed by atoms with Crippen LogP contribution < -0.4 is 5.32 Å². The fraction of sp³-hybridized carbons (Fsp3) is 0.538. The van der Waals surface area contributed by atoms with Crippen LogP contribution in [-0.2, 0) is 0 Å². The molecule has 1 aromatic rings. The lowest BCUT2D eigenvalue weighted by Gasteiger charge is -2.22. The maximum atomic E-state index is 12.1. The van der Waals surface area contributed by atoms with Crippen LogP contribution in [0.15, 0.2) is 18.5 Å². The smallest absolute Gasteiger partial charge is 0.254 e. The molecule has 0 radical (unpaired) electrons. The van der Waals surface area contributed by atoms with Gasteiger partial charge in [-0.1, -0.05) is 18.0 Å². The number of hydrogen-bond acceptors (Lipinski definition) is 2. The van der Waals surface area contributed by atoms with Crippen LogP contribution >= 0.6 is 11.6 Å². The van der Waals surface area contributed by atoms with Gasteiger partial charge in [-0.05, 0) is 37.2 Å². The summed E-state index contributed by atoms with van der Waals surface area (Å²) in [4.78, 5) is 16.0. The Hall–Kier alpha value is -1.09. The van der Waals surface area contributed by atoms with E-state index in [-0.39, 0.29) is 5.91 Å². The Morgan fingerprint density at radius 1 is 1.41 bits per heavy atom. The van der Waals surface area contributed by atoms with Crippen molar-refractivity contribution in [3.8, 4) is 0 Å². The quantitative estimate of drug-likeness (QED) is 0.877. The number of nitrogens with zero attached hydrogens (tertiary/aromatic N) is 1. The largest absolute Gasteiger partial charge is 0.349 e. The van der Waals surface area contributed by atoms with Crippen molar-refractivity contribution in [1.82, 2.24) is 10.3 Å². The van der Waals surface area contributed by atoms with Crippen LogP contribution in [0.3, 0.4) is 0 Å². The Morgan fingerprint density at radius 3 is 2.94 bits per heavy atom. The molecule has 2 aliphatic rings. The molecular formula is C13H15ClN2O.